The van der Waals surface area contributed by atoms with E-state index >= 15 is 0 Å². The molecule has 1 aliphatic rings. The van der Waals surface area contributed by atoms with Crippen LogP contribution in [0.1, 0.15) is 17.0 Å². The Bertz CT molecular complexity index is 1340. The molecule has 3 aromatic rings. The number of carbonyl (C=O) groups excluding carboxylic acids is 1. The van der Waals surface area contributed by atoms with Crippen molar-refractivity contribution >= 4 is 40.3 Å². The first kappa shape index (κ1) is 23.1. The molecule has 0 spiro atoms. The van der Waals surface area contributed by atoms with E-state index in [1.807, 2.05) is 24.5 Å². The van der Waals surface area contributed by atoms with Crippen LogP contribution in [0.4, 0.5) is 11.4 Å². The first-order chi connectivity index (χ1) is 16.3. The molecule has 0 unspecified atom stereocenters. The van der Waals surface area contributed by atoms with E-state index in [0.29, 0.717) is 27.2 Å². The number of benzene rings is 2. The molecule has 2 aromatic carbocycles. The van der Waals surface area contributed by atoms with Crippen LogP contribution in [0.5, 0.6) is 11.5 Å². The molecule has 9 nitrogen and oxygen atoms in total. The second-order valence-electron chi connectivity index (χ2n) is 7.45. The second kappa shape index (κ2) is 9.44. The standard InChI is InChI=1S/C24H22N4O5S/c1-14-11-16(15(2)27(14)20-13-18(28(30)31)7-10-21(20)33-4)12-22-23(29)26-24(34-22)25-17-5-8-19(32-3)9-6-17/h5-13H,1-4H3,(H,25,26,29)/b22-12+. The van der Waals surface area contributed by atoms with Gasteiger partial charge in [0.1, 0.15) is 11.5 Å². The van der Waals surface area contributed by atoms with Gasteiger partial charge in [-0.05, 0) is 73.6 Å². The Morgan fingerprint density at radius 3 is 2.47 bits per heavy atom. The van der Waals surface area contributed by atoms with E-state index in [1.54, 1.807) is 43.5 Å². The molecule has 1 aliphatic heterocycles. The Balaban J connectivity index is 1.67. The van der Waals surface area contributed by atoms with E-state index < -0.39 is 4.92 Å². The zero-order valence-corrected chi connectivity index (χ0v) is 19.8. The number of nitro benzene ring substituents is 1. The number of hydrogen-bond acceptors (Lipinski definition) is 7. The van der Waals surface area contributed by atoms with Crippen LogP contribution in [0.15, 0.2) is 58.4 Å². The third-order valence-corrected chi connectivity index (χ3v) is 6.23. The number of aryl methyl sites for hydroxylation is 1. The number of nitrogens with one attached hydrogen (secondary N) is 1. The monoisotopic (exact) mass is 478 g/mol. The van der Waals surface area contributed by atoms with E-state index in [4.69, 9.17) is 9.47 Å². The van der Waals surface area contributed by atoms with Crippen molar-refractivity contribution in [2.24, 2.45) is 4.99 Å². The lowest BCUT2D eigenvalue weighted by Gasteiger charge is -2.13. The molecule has 34 heavy (non-hydrogen) atoms. The second-order valence-corrected chi connectivity index (χ2v) is 8.49. The molecule has 1 amide bonds. The molecule has 1 fully saturated rings. The molecular formula is C24H22N4O5S. The summed E-state index contributed by atoms with van der Waals surface area (Å²) in [4.78, 5) is 28.4. The molecule has 1 aromatic heterocycles. The number of nitro groups is 1. The van der Waals surface area contributed by atoms with Gasteiger partial charge in [-0.1, -0.05) is 0 Å². The van der Waals surface area contributed by atoms with Gasteiger partial charge in [0.2, 0.25) is 0 Å². The molecule has 1 saturated heterocycles. The normalized spacial score (nSPS) is 15.6. The molecule has 1 N–H and O–H groups in total. The molecule has 0 radical (unpaired) electrons. The van der Waals surface area contributed by atoms with Crippen LogP contribution in [-0.4, -0.2) is 34.8 Å². The van der Waals surface area contributed by atoms with Gasteiger partial charge >= 0.3 is 0 Å². The van der Waals surface area contributed by atoms with E-state index in [-0.39, 0.29) is 11.6 Å². The summed E-state index contributed by atoms with van der Waals surface area (Å²) in [5.41, 5.74) is 3.70. The number of nitrogens with zero attached hydrogens (tertiary/aromatic N) is 3. The minimum Gasteiger partial charge on any atom is -0.497 e. The van der Waals surface area contributed by atoms with Crippen molar-refractivity contribution < 1.29 is 19.2 Å². The van der Waals surface area contributed by atoms with Gasteiger partial charge in [-0.15, -0.1) is 0 Å². The molecule has 0 saturated carbocycles. The van der Waals surface area contributed by atoms with Crippen LogP contribution in [0.25, 0.3) is 11.8 Å². The van der Waals surface area contributed by atoms with Gasteiger partial charge in [0, 0.05) is 23.5 Å². The lowest BCUT2D eigenvalue weighted by molar-refractivity contribution is -0.384. The van der Waals surface area contributed by atoms with Crippen molar-refractivity contribution in [1.82, 2.24) is 9.88 Å². The minimum absolute atomic E-state index is 0.0340. The SMILES string of the molecule is COc1ccc(N=C2NC(=O)/C(=C\c3cc(C)n(-c4cc([N+](=O)[O-])ccc4OC)c3C)S2)cc1. The zero-order valence-electron chi connectivity index (χ0n) is 19.0. The highest BCUT2D eigenvalue weighted by Crippen LogP contribution is 2.34. The van der Waals surface area contributed by atoms with Gasteiger partial charge in [0.05, 0.1) is 35.4 Å². The number of ether oxygens (including phenoxy) is 2. The van der Waals surface area contributed by atoms with Crippen molar-refractivity contribution in [1.29, 1.82) is 0 Å². The van der Waals surface area contributed by atoms with Crippen molar-refractivity contribution in [3.05, 3.63) is 80.5 Å². The zero-order chi connectivity index (χ0) is 24.4. The molecule has 0 aliphatic carbocycles. The molecule has 4 rings (SSSR count). The van der Waals surface area contributed by atoms with Crippen LogP contribution in [0.2, 0.25) is 0 Å². The first-order valence-electron chi connectivity index (χ1n) is 10.3. The molecular weight excluding hydrogens is 456 g/mol. The molecule has 2 heterocycles. The van der Waals surface area contributed by atoms with Crippen LogP contribution in [0, 0.1) is 24.0 Å². The molecule has 0 atom stereocenters. The number of carbonyl (C=O) groups is 1. The summed E-state index contributed by atoms with van der Waals surface area (Å²) in [5, 5.41) is 14.6. The van der Waals surface area contributed by atoms with Crippen molar-refractivity contribution in [2.75, 3.05) is 14.2 Å². The van der Waals surface area contributed by atoms with Crippen molar-refractivity contribution in [3.8, 4) is 17.2 Å². The Morgan fingerprint density at radius 1 is 1.09 bits per heavy atom. The number of methoxy groups -OCH3 is 2. The first-order valence-corrected chi connectivity index (χ1v) is 11.1. The number of thioether (sulfide) groups is 1. The lowest BCUT2D eigenvalue weighted by atomic mass is 10.2. The lowest BCUT2D eigenvalue weighted by Crippen LogP contribution is -2.19. The number of amidine groups is 1. The summed E-state index contributed by atoms with van der Waals surface area (Å²) in [6.07, 6.45) is 1.79. The van der Waals surface area contributed by atoms with E-state index in [9.17, 15) is 14.9 Å². The van der Waals surface area contributed by atoms with Gasteiger partial charge in [-0.2, -0.15) is 0 Å². The number of aromatic nitrogens is 1. The fourth-order valence-electron chi connectivity index (χ4n) is 3.67. The Labute approximate surface area is 200 Å². The average Bonchev–Trinajstić information content (AvgIpc) is 3.31. The predicted molar refractivity (Wildman–Crippen MR) is 132 cm³/mol. The molecule has 0 bridgehead atoms. The summed E-state index contributed by atoms with van der Waals surface area (Å²) in [6, 6.07) is 13.6. The third-order valence-electron chi connectivity index (χ3n) is 5.32. The maximum Gasteiger partial charge on any atom is 0.271 e. The summed E-state index contributed by atoms with van der Waals surface area (Å²) in [6.45, 7) is 3.78. The summed E-state index contributed by atoms with van der Waals surface area (Å²) >= 11 is 1.25. The number of aliphatic imine (C=N–C) groups is 1. The summed E-state index contributed by atoms with van der Waals surface area (Å²) in [7, 11) is 3.11. The third kappa shape index (κ3) is 4.53. The number of rotatable bonds is 6. The quantitative estimate of drug-likeness (QED) is 0.306. The van der Waals surface area contributed by atoms with Crippen molar-refractivity contribution in [3.63, 3.8) is 0 Å². The van der Waals surface area contributed by atoms with Crippen LogP contribution < -0.4 is 14.8 Å². The van der Waals surface area contributed by atoms with Crippen LogP contribution in [-0.2, 0) is 4.79 Å². The Hall–Kier alpha value is -4.05. The maximum absolute atomic E-state index is 12.6. The largest absolute Gasteiger partial charge is 0.497 e. The van der Waals surface area contributed by atoms with Gasteiger partial charge in [0.25, 0.3) is 11.6 Å². The summed E-state index contributed by atoms with van der Waals surface area (Å²) < 4.78 is 12.5. The van der Waals surface area contributed by atoms with Gasteiger partial charge < -0.3 is 19.4 Å². The predicted octanol–water partition coefficient (Wildman–Crippen LogP) is 4.91. The van der Waals surface area contributed by atoms with Crippen molar-refractivity contribution in [2.45, 2.75) is 13.8 Å². The van der Waals surface area contributed by atoms with E-state index in [2.05, 4.69) is 10.3 Å². The van der Waals surface area contributed by atoms with Gasteiger partial charge in [0.15, 0.2) is 5.17 Å². The fraction of sp³-hybridized carbons (Fsp3) is 0.167. The highest BCUT2D eigenvalue weighted by atomic mass is 32.2. The maximum atomic E-state index is 12.6. The van der Waals surface area contributed by atoms with Crippen LogP contribution in [0.3, 0.4) is 0 Å². The van der Waals surface area contributed by atoms with E-state index in [1.165, 1.54) is 31.0 Å². The molecule has 174 valence electrons. The Kier molecular flexibility index (Phi) is 6.42. The van der Waals surface area contributed by atoms with E-state index in [0.717, 1.165) is 22.7 Å². The molecule has 10 heteroatoms. The average molecular weight is 479 g/mol. The van der Waals surface area contributed by atoms with Crippen LogP contribution >= 0.6 is 11.8 Å². The highest BCUT2D eigenvalue weighted by molar-refractivity contribution is 8.18. The highest BCUT2D eigenvalue weighted by Gasteiger charge is 2.25. The Morgan fingerprint density at radius 2 is 1.82 bits per heavy atom. The van der Waals surface area contributed by atoms with Gasteiger partial charge in [-0.25, -0.2) is 4.99 Å². The summed E-state index contributed by atoms with van der Waals surface area (Å²) in [5.74, 6) is 0.992. The minimum atomic E-state index is -0.441. The smallest absolute Gasteiger partial charge is 0.271 e. The number of non-ortho nitro benzene ring substituents is 1. The topological polar surface area (TPSA) is 108 Å². The number of amides is 1. The number of hydrogen-bond donors (Lipinski definition) is 1. The fourth-order valence-corrected chi connectivity index (χ4v) is 4.50. The van der Waals surface area contributed by atoms with Gasteiger partial charge in [-0.3, -0.25) is 14.9 Å².